The molecule has 0 aromatic heterocycles. The van der Waals surface area contributed by atoms with Gasteiger partial charge in [0, 0.05) is 5.02 Å². The van der Waals surface area contributed by atoms with Gasteiger partial charge in [-0.1, -0.05) is 23.7 Å². The largest absolute Gasteiger partial charge is 0.417 e. The molecule has 0 aliphatic heterocycles. The molecule has 1 amide bonds. The number of carbonyl (C=O) groups excluding carboxylic acids is 1. The maximum atomic E-state index is 13.3. The van der Waals surface area contributed by atoms with Crippen LogP contribution in [0.4, 0.5) is 14.9 Å². The van der Waals surface area contributed by atoms with E-state index in [1.165, 1.54) is 18.2 Å². The van der Waals surface area contributed by atoms with Gasteiger partial charge in [-0.25, -0.2) is 9.18 Å². The first kappa shape index (κ1) is 13.4. The number of hydrogen-bond acceptors (Lipinski definition) is 2. The average molecular weight is 280 g/mol. The SMILES string of the molecule is Cc1cc(OC(=O)Nc2ccccc2F)ccc1Cl. The molecule has 0 saturated carbocycles. The van der Waals surface area contributed by atoms with E-state index in [0.717, 1.165) is 5.56 Å². The van der Waals surface area contributed by atoms with Gasteiger partial charge in [-0.3, -0.25) is 5.32 Å². The molecule has 0 aliphatic carbocycles. The first-order valence-electron chi connectivity index (χ1n) is 5.56. The molecule has 0 unspecified atom stereocenters. The molecule has 1 N–H and O–H groups in total. The molecule has 0 radical (unpaired) electrons. The predicted octanol–water partition coefficient (Wildman–Crippen LogP) is 4.40. The van der Waals surface area contributed by atoms with Crippen LogP contribution in [0.1, 0.15) is 5.56 Å². The number of para-hydroxylation sites is 1. The Labute approximate surface area is 115 Å². The van der Waals surface area contributed by atoms with Gasteiger partial charge >= 0.3 is 6.09 Å². The molecular formula is C14H11ClFNO2. The summed E-state index contributed by atoms with van der Waals surface area (Å²) in [6.45, 7) is 1.80. The van der Waals surface area contributed by atoms with Crippen LogP contribution < -0.4 is 10.1 Å². The fourth-order valence-electron chi connectivity index (χ4n) is 1.49. The van der Waals surface area contributed by atoms with E-state index in [1.54, 1.807) is 31.2 Å². The summed E-state index contributed by atoms with van der Waals surface area (Å²) in [5.41, 5.74) is 0.857. The molecule has 2 aromatic rings. The van der Waals surface area contributed by atoms with Crippen molar-refractivity contribution in [2.45, 2.75) is 6.92 Å². The minimum absolute atomic E-state index is 0.0678. The molecule has 0 bridgehead atoms. The van der Waals surface area contributed by atoms with Crippen LogP contribution in [0.3, 0.4) is 0 Å². The quantitative estimate of drug-likeness (QED) is 0.885. The Morgan fingerprint density at radius 2 is 2.00 bits per heavy atom. The molecule has 3 nitrogen and oxygen atoms in total. The number of ether oxygens (including phenoxy) is 1. The highest BCUT2D eigenvalue weighted by atomic mass is 35.5. The fraction of sp³-hybridized carbons (Fsp3) is 0.0714. The number of aryl methyl sites for hydroxylation is 1. The van der Waals surface area contributed by atoms with Gasteiger partial charge in [-0.2, -0.15) is 0 Å². The van der Waals surface area contributed by atoms with E-state index in [1.807, 2.05) is 0 Å². The molecule has 0 aliphatic rings. The van der Waals surface area contributed by atoms with Crippen molar-refractivity contribution in [3.05, 3.63) is 58.9 Å². The number of hydrogen-bond donors (Lipinski definition) is 1. The highest BCUT2D eigenvalue weighted by Crippen LogP contribution is 2.21. The van der Waals surface area contributed by atoms with E-state index in [0.29, 0.717) is 10.8 Å². The van der Waals surface area contributed by atoms with E-state index >= 15 is 0 Å². The molecule has 0 saturated heterocycles. The van der Waals surface area contributed by atoms with Gasteiger partial charge in [0.2, 0.25) is 0 Å². The zero-order chi connectivity index (χ0) is 13.8. The van der Waals surface area contributed by atoms with E-state index in [4.69, 9.17) is 16.3 Å². The van der Waals surface area contributed by atoms with Crippen molar-refractivity contribution < 1.29 is 13.9 Å². The van der Waals surface area contributed by atoms with Crippen LogP contribution in [0, 0.1) is 12.7 Å². The van der Waals surface area contributed by atoms with Crippen LogP contribution >= 0.6 is 11.6 Å². The van der Waals surface area contributed by atoms with E-state index in [9.17, 15) is 9.18 Å². The molecule has 5 heteroatoms. The highest BCUT2D eigenvalue weighted by molar-refractivity contribution is 6.31. The number of halogens is 2. The number of nitrogens with one attached hydrogen (secondary N) is 1. The van der Waals surface area contributed by atoms with Crippen LogP contribution in [0.2, 0.25) is 5.02 Å². The lowest BCUT2D eigenvalue weighted by molar-refractivity contribution is 0.215. The van der Waals surface area contributed by atoms with Gasteiger partial charge in [-0.15, -0.1) is 0 Å². The van der Waals surface area contributed by atoms with Crippen molar-refractivity contribution in [1.29, 1.82) is 0 Å². The molecular weight excluding hydrogens is 269 g/mol. The minimum atomic E-state index is -0.758. The summed E-state index contributed by atoms with van der Waals surface area (Å²) in [5.74, 6) is -0.178. The molecule has 0 heterocycles. The Morgan fingerprint density at radius 3 is 2.68 bits per heavy atom. The van der Waals surface area contributed by atoms with E-state index < -0.39 is 11.9 Å². The summed E-state index contributed by atoms with van der Waals surface area (Å²) in [6.07, 6.45) is -0.758. The summed E-state index contributed by atoms with van der Waals surface area (Å²) in [4.78, 5) is 11.6. The van der Waals surface area contributed by atoms with Crippen molar-refractivity contribution >= 4 is 23.4 Å². The lowest BCUT2D eigenvalue weighted by Gasteiger charge is -2.08. The van der Waals surface area contributed by atoms with E-state index in [2.05, 4.69) is 5.32 Å². The summed E-state index contributed by atoms with van der Waals surface area (Å²) < 4.78 is 18.4. The van der Waals surface area contributed by atoms with Crippen LogP contribution in [0.5, 0.6) is 5.75 Å². The third-order valence-electron chi connectivity index (χ3n) is 2.45. The zero-order valence-corrected chi connectivity index (χ0v) is 10.9. The number of benzene rings is 2. The smallest absolute Gasteiger partial charge is 0.410 e. The van der Waals surface area contributed by atoms with Gasteiger partial charge in [0.05, 0.1) is 5.69 Å². The average Bonchev–Trinajstić information content (AvgIpc) is 2.37. The number of amides is 1. The maximum absolute atomic E-state index is 13.3. The standard InChI is InChI=1S/C14H11ClFNO2/c1-9-8-10(6-7-11(9)15)19-14(18)17-13-5-3-2-4-12(13)16/h2-8H,1H3,(H,17,18). The molecule has 19 heavy (non-hydrogen) atoms. The molecule has 0 atom stereocenters. The van der Waals surface area contributed by atoms with Crippen molar-refractivity contribution in [2.75, 3.05) is 5.32 Å². The zero-order valence-electron chi connectivity index (χ0n) is 10.1. The van der Waals surface area contributed by atoms with Gasteiger partial charge in [-0.05, 0) is 42.8 Å². The molecule has 0 fully saturated rings. The highest BCUT2D eigenvalue weighted by Gasteiger charge is 2.08. The molecule has 0 spiro atoms. The van der Waals surface area contributed by atoms with E-state index in [-0.39, 0.29) is 5.69 Å². The van der Waals surface area contributed by atoms with Crippen LogP contribution in [-0.2, 0) is 0 Å². The molecule has 2 aromatic carbocycles. The monoisotopic (exact) mass is 279 g/mol. The Kier molecular flexibility index (Phi) is 4.02. The first-order valence-corrected chi connectivity index (χ1v) is 5.93. The normalized spacial score (nSPS) is 10.1. The second-order valence-electron chi connectivity index (χ2n) is 3.91. The molecule has 98 valence electrons. The maximum Gasteiger partial charge on any atom is 0.417 e. The lowest BCUT2D eigenvalue weighted by atomic mass is 10.2. The number of rotatable bonds is 2. The van der Waals surface area contributed by atoms with Crippen LogP contribution in [0.25, 0.3) is 0 Å². The Balaban J connectivity index is 2.05. The minimum Gasteiger partial charge on any atom is -0.410 e. The Bertz CT molecular complexity index is 616. The summed E-state index contributed by atoms with van der Waals surface area (Å²) in [5, 5.41) is 2.91. The van der Waals surface area contributed by atoms with Crippen molar-refractivity contribution in [1.82, 2.24) is 0 Å². The summed E-state index contributed by atoms with van der Waals surface area (Å²) in [6, 6.07) is 10.7. The van der Waals surface area contributed by atoms with Gasteiger partial charge in [0.1, 0.15) is 11.6 Å². The molecule has 2 rings (SSSR count). The third kappa shape index (κ3) is 3.45. The topological polar surface area (TPSA) is 38.3 Å². The van der Waals surface area contributed by atoms with Crippen LogP contribution in [-0.4, -0.2) is 6.09 Å². The second-order valence-corrected chi connectivity index (χ2v) is 4.31. The van der Waals surface area contributed by atoms with Gasteiger partial charge in [0.25, 0.3) is 0 Å². The number of carbonyl (C=O) groups is 1. The summed E-state index contributed by atoms with van der Waals surface area (Å²) >= 11 is 5.86. The van der Waals surface area contributed by atoms with Crippen LogP contribution in [0.15, 0.2) is 42.5 Å². The van der Waals surface area contributed by atoms with Gasteiger partial charge < -0.3 is 4.74 Å². The first-order chi connectivity index (χ1) is 9.06. The Hall–Kier alpha value is -2.07. The van der Waals surface area contributed by atoms with Gasteiger partial charge in [0.15, 0.2) is 0 Å². The fourth-order valence-corrected chi connectivity index (χ4v) is 1.60. The summed E-state index contributed by atoms with van der Waals surface area (Å²) in [7, 11) is 0. The van der Waals surface area contributed by atoms with Crippen molar-refractivity contribution in [2.24, 2.45) is 0 Å². The van der Waals surface area contributed by atoms with Crippen molar-refractivity contribution in [3.8, 4) is 5.75 Å². The predicted molar refractivity (Wildman–Crippen MR) is 72.2 cm³/mol. The third-order valence-corrected chi connectivity index (χ3v) is 2.87. The lowest BCUT2D eigenvalue weighted by Crippen LogP contribution is -2.17. The number of anilines is 1. The van der Waals surface area contributed by atoms with Crippen molar-refractivity contribution in [3.63, 3.8) is 0 Å². The second kappa shape index (κ2) is 5.71. The Morgan fingerprint density at radius 1 is 1.26 bits per heavy atom.